The van der Waals surface area contributed by atoms with Gasteiger partial charge in [-0.2, -0.15) is 0 Å². The molecule has 0 bridgehead atoms. The minimum atomic E-state index is -0.0000926. The zero-order valence-corrected chi connectivity index (χ0v) is 10.0. The maximum Gasteiger partial charge on any atom is 0.238 e. The molecule has 1 saturated heterocycles. The van der Waals surface area contributed by atoms with Crippen LogP contribution < -0.4 is 10.6 Å². The van der Waals surface area contributed by atoms with E-state index in [2.05, 4.69) is 29.4 Å². The molecule has 2 N–H and O–H groups in total. The fourth-order valence-electron chi connectivity index (χ4n) is 2.06. The molecule has 0 saturated carbocycles. The Hall–Kier alpha value is -0.610. The highest BCUT2D eigenvalue weighted by Gasteiger charge is 2.28. The SMILES string of the molecule is CCCN1CCC(C)NC(=O)C1CNC. The van der Waals surface area contributed by atoms with E-state index in [0.717, 1.165) is 32.5 Å². The highest BCUT2D eigenvalue weighted by Crippen LogP contribution is 2.09. The molecule has 0 aliphatic carbocycles. The van der Waals surface area contributed by atoms with Crippen LogP contribution in [0.15, 0.2) is 0 Å². The van der Waals surface area contributed by atoms with E-state index < -0.39 is 0 Å². The molecule has 4 nitrogen and oxygen atoms in total. The van der Waals surface area contributed by atoms with Crippen LogP contribution in [-0.2, 0) is 4.79 Å². The molecule has 1 rings (SSSR count). The number of hydrogen-bond acceptors (Lipinski definition) is 3. The molecule has 0 radical (unpaired) electrons. The molecule has 0 spiro atoms. The molecule has 15 heavy (non-hydrogen) atoms. The van der Waals surface area contributed by atoms with Crippen LogP contribution in [0.5, 0.6) is 0 Å². The molecule has 1 aliphatic rings. The molecular weight excluding hydrogens is 190 g/mol. The zero-order chi connectivity index (χ0) is 11.3. The molecular formula is C11H23N3O. The second kappa shape index (κ2) is 6.08. The summed E-state index contributed by atoms with van der Waals surface area (Å²) in [4.78, 5) is 14.2. The van der Waals surface area contributed by atoms with E-state index >= 15 is 0 Å². The van der Waals surface area contributed by atoms with Crippen molar-refractivity contribution in [3.05, 3.63) is 0 Å². The van der Waals surface area contributed by atoms with Crippen LogP contribution in [0.1, 0.15) is 26.7 Å². The van der Waals surface area contributed by atoms with Crippen LogP contribution in [0.2, 0.25) is 0 Å². The summed E-state index contributed by atoms with van der Waals surface area (Å²) in [5, 5.41) is 6.14. The van der Waals surface area contributed by atoms with Gasteiger partial charge in [0, 0.05) is 19.1 Å². The van der Waals surface area contributed by atoms with Crippen LogP contribution in [0.4, 0.5) is 0 Å². The van der Waals surface area contributed by atoms with E-state index in [0.29, 0.717) is 6.04 Å². The number of carbonyl (C=O) groups excluding carboxylic acids is 1. The summed E-state index contributed by atoms with van der Waals surface area (Å²) in [5.74, 6) is 0.169. The average Bonchev–Trinajstić information content (AvgIpc) is 2.31. The normalized spacial score (nSPS) is 28.6. The van der Waals surface area contributed by atoms with Gasteiger partial charge in [-0.3, -0.25) is 9.69 Å². The first kappa shape index (κ1) is 12.5. The molecule has 2 atom stereocenters. The summed E-state index contributed by atoms with van der Waals surface area (Å²) in [5.41, 5.74) is 0. The van der Waals surface area contributed by atoms with Crippen molar-refractivity contribution in [2.24, 2.45) is 0 Å². The van der Waals surface area contributed by atoms with Crippen LogP contribution in [-0.4, -0.2) is 49.6 Å². The third kappa shape index (κ3) is 3.47. The lowest BCUT2D eigenvalue weighted by atomic mass is 10.2. The average molecular weight is 213 g/mol. The Morgan fingerprint density at radius 3 is 2.93 bits per heavy atom. The largest absolute Gasteiger partial charge is 0.352 e. The first-order valence-electron chi connectivity index (χ1n) is 5.88. The number of carbonyl (C=O) groups is 1. The summed E-state index contributed by atoms with van der Waals surface area (Å²) in [6, 6.07) is 0.304. The van der Waals surface area contributed by atoms with E-state index in [1.54, 1.807) is 0 Å². The minimum absolute atomic E-state index is 0.0000926. The van der Waals surface area contributed by atoms with Gasteiger partial charge in [0.25, 0.3) is 0 Å². The Labute approximate surface area is 92.4 Å². The van der Waals surface area contributed by atoms with Gasteiger partial charge in [0.1, 0.15) is 6.04 Å². The van der Waals surface area contributed by atoms with E-state index in [4.69, 9.17) is 0 Å². The zero-order valence-electron chi connectivity index (χ0n) is 10.0. The molecule has 4 heteroatoms. The molecule has 0 aromatic carbocycles. The molecule has 0 aromatic rings. The van der Waals surface area contributed by atoms with Crippen molar-refractivity contribution in [1.29, 1.82) is 0 Å². The summed E-state index contributed by atoms with van der Waals surface area (Å²) >= 11 is 0. The first-order chi connectivity index (χ1) is 7.19. The molecule has 2 unspecified atom stereocenters. The number of likely N-dealkylation sites (N-methyl/N-ethyl adjacent to an activating group) is 1. The van der Waals surface area contributed by atoms with Crippen molar-refractivity contribution in [1.82, 2.24) is 15.5 Å². The van der Waals surface area contributed by atoms with Crippen molar-refractivity contribution >= 4 is 5.91 Å². The second-order valence-electron chi connectivity index (χ2n) is 4.31. The fourth-order valence-corrected chi connectivity index (χ4v) is 2.06. The van der Waals surface area contributed by atoms with Gasteiger partial charge in [-0.25, -0.2) is 0 Å². The van der Waals surface area contributed by atoms with E-state index in [-0.39, 0.29) is 11.9 Å². The Morgan fingerprint density at radius 2 is 2.33 bits per heavy atom. The third-order valence-electron chi connectivity index (χ3n) is 2.89. The first-order valence-corrected chi connectivity index (χ1v) is 5.88. The second-order valence-corrected chi connectivity index (χ2v) is 4.31. The third-order valence-corrected chi connectivity index (χ3v) is 2.89. The topological polar surface area (TPSA) is 44.4 Å². The predicted octanol–water partition coefficient (Wildman–Crippen LogP) is 0.195. The highest BCUT2D eigenvalue weighted by atomic mass is 16.2. The number of nitrogens with one attached hydrogen (secondary N) is 2. The summed E-state index contributed by atoms with van der Waals surface area (Å²) in [7, 11) is 1.89. The van der Waals surface area contributed by atoms with Gasteiger partial charge in [-0.1, -0.05) is 6.92 Å². The molecule has 88 valence electrons. The fraction of sp³-hybridized carbons (Fsp3) is 0.909. The standard InChI is InChI=1S/C11H23N3O/c1-4-6-14-7-5-9(2)13-11(15)10(14)8-12-3/h9-10,12H,4-8H2,1-3H3,(H,13,15). The van der Waals surface area contributed by atoms with Crippen molar-refractivity contribution in [2.45, 2.75) is 38.8 Å². The molecule has 1 aliphatic heterocycles. The van der Waals surface area contributed by atoms with Gasteiger partial charge in [-0.15, -0.1) is 0 Å². The Morgan fingerprint density at radius 1 is 1.60 bits per heavy atom. The van der Waals surface area contributed by atoms with Gasteiger partial charge < -0.3 is 10.6 Å². The van der Waals surface area contributed by atoms with Crippen molar-refractivity contribution < 1.29 is 4.79 Å². The quantitative estimate of drug-likeness (QED) is 0.701. The molecule has 1 heterocycles. The Balaban J connectivity index is 2.67. The van der Waals surface area contributed by atoms with Gasteiger partial charge in [0.15, 0.2) is 0 Å². The van der Waals surface area contributed by atoms with Crippen LogP contribution in [0.3, 0.4) is 0 Å². The lowest BCUT2D eigenvalue weighted by Gasteiger charge is -2.27. The van der Waals surface area contributed by atoms with Crippen LogP contribution >= 0.6 is 0 Å². The van der Waals surface area contributed by atoms with E-state index in [1.807, 2.05) is 7.05 Å². The number of amides is 1. The van der Waals surface area contributed by atoms with E-state index in [1.165, 1.54) is 0 Å². The molecule has 0 aromatic heterocycles. The maximum absolute atomic E-state index is 11.9. The summed E-state index contributed by atoms with van der Waals surface area (Å²) < 4.78 is 0. The summed E-state index contributed by atoms with van der Waals surface area (Å²) in [6.45, 7) is 6.98. The Bertz CT molecular complexity index is 208. The highest BCUT2D eigenvalue weighted by molar-refractivity contribution is 5.82. The molecule has 1 amide bonds. The minimum Gasteiger partial charge on any atom is -0.352 e. The van der Waals surface area contributed by atoms with Crippen LogP contribution in [0, 0.1) is 0 Å². The lowest BCUT2D eigenvalue weighted by molar-refractivity contribution is -0.125. The van der Waals surface area contributed by atoms with Crippen molar-refractivity contribution in [2.75, 3.05) is 26.7 Å². The van der Waals surface area contributed by atoms with Crippen molar-refractivity contribution in [3.63, 3.8) is 0 Å². The number of hydrogen-bond donors (Lipinski definition) is 2. The monoisotopic (exact) mass is 213 g/mol. The lowest BCUT2D eigenvalue weighted by Crippen LogP contribution is -2.50. The van der Waals surface area contributed by atoms with E-state index in [9.17, 15) is 4.79 Å². The Kier molecular flexibility index (Phi) is 5.05. The summed E-state index contributed by atoms with van der Waals surface area (Å²) in [6.07, 6.45) is 2.15. The number of nitrogens with zero attached hydrogens (tertiary/aromatic N) is 1. The number of rotatable bonds is 4. The predicted molar refractivity (Wildman–Crippen MR) is 61.8 cm³/mol. The van der Waals surface area contributed by atoms with Gasteiger partial charge in [0.05, 0.1) is 0 Å². The smallest absolute Gasteiger partial charge is 0.238 e. The van der Waals surface area contributed by atoms with Gasteiger partial charge in [0.2, 0.25) is 5.91 Å². The van der Waals surface area contributed by atoms with Gasteiger partial charge >= 0.3 is 0 Å². The maximum atomic E-state index is 11.9. The van der Waals surface area contributed by atoms with Crippen molar-refractivity contribution in [3.8, 4) is 0 Å². The molecule has 1 fully saturated rings. The van der Waals surface area contributed by atoms with Crippen LogP contribution in [0.25, 0.3) is 0 Å². The van der Waals surface area contributed by atoms with Gasteiger partial charge in [-0.05, 0) is 33.4 Å².